The number of carbonyl (C=O) groups is 1. The summed E-state index contributed by atoms with van der Waals surface area (Å²) < 4.78 is 42.6. The molecule has 0 aromatic heterocycles. The van der Waals surface area contributed by atoms with E-state index >= 15 is 0 Å². The van der Waals surface area contributed by atoms with Crippen LogP contribution in [0.15, 0.2) is 41.3 Å². The van der Waals surface area contributed by atoms with Crippen LogP contribution in [0, 0.1) is 0 Å². The van der Waals surface area contributed by atoms with Gasteiger partial charge in [0.1, 0.15) is 4.90 Å². The molecule has 2 aromatic rings. The molecule has 0 fully saturated rings. The molecule has 3 rings (SSSR count). The molecule has 9 heteroatoms. The van der Waals surface area contributed by atoms with Crippen LogP contribution < -0.4 is 14.2 Å². The highest BCUT2D eigenvalue weighted by atomic mass is 35.5. The number of nitrogens with one attached hydrogen (secondary N) is 1. The Kier molecular flexibility index (Phi) is 4.25. The summed E-state index contributed by atoms with van der Waals surface area (Å²) in [6.45, 7) is 0.0348. The van der Waals surface area contributed by atoms with Gasteiger partial charge in [-0.3, -0.25) is 4.72 Å². The standard InChI is InChI=1S/C15H12ClNO6S/c1-21-15(18)9-4-2-3-5-14(9)24(19,20)17-11-7-13-12(6-10(11)16)22-8-23-13/h2-7,17H,8H2,1H3. The third-order valence-corrected chi connectivity index (χ3v) is 5.02. The number of fused-ring (bicyclic) bond motifs is 1. The summed E-state index contributed by atoms with van der Waals surface area (Å²) in [5.74, 6) is 0.0454. The first-order chi connectivity index (χ1) is 11.4. The molecule has 2 aromatic carbocycles. The third kappa shape index (κ3) is 2.98. The van der Waals surface area contributed by atoms with E-state index in [1.165, 1.54) is 37.4 Å². The molecule has 126 valence electrons. The molecule has 1 aliphatic heterocycles. The maximum atomic E-state index is 12.6. The molecule has 0 unspecified atom stereocenters. The highest BCUT2D eigenvalue weighted by Gasteiger charge is 2.25. The molecule has 0 atom stereocenters. The van der Waals surface area contributed by atoms with Crippen molar-refractivity contribution in [2.75, 3.05) is 18.6 Å². The lowest BCUT2D eigenvalue weighted by atomic mass is 10.2. The van der Waals surface area contributed by atoms with Crippen molar-refractivity contribution in [1.29, 1.82) is 0 Å². The number of sulfonamides is 1. The number of esters is 1. The van der Waals surface area contributed by atoms with Crippen LogP contribution in [0.4, 0.5) is 5.69 Å². The molecule has 24 heavy (non-hydrogen) atoms. The van der Waals surface area contributed by atoms with Crippen molar-refractivity contribution in [2.24, 2.45) is 0 Å². The largest absolute Gasteiger partial charge is 0.465 e. The van der Waals surface area contributed by atoms with Gasteiger partial charge >= 0.3 is 5.97 Å². The average molecular weight is 370 g/mol. The Hall–Kier alpha value is -2.45. The normalized spacial score (nSPS) is 12.8. The third-order valence-electron chi connectivity index (χ3n) is 3.29. The Morgan fingerprint density at radius 2 is 1.88 bits per heavy atom. The van der Waals surface area contributed by atoms with E-state index < -0.39 is 16.0 Å². The lowest BCUT2D eigenvalue weighted by molar-refractivity contribution is 0.0596. The molecule has 1 N–H and O–H groups in total. The van der Waals surface area contributed by atoms with Gasteiger partial charge in [-0.15, -0.1) is 0 Å². The predicted molar refractivity (Wildman–Crippen MR) is 86.2 cm³/mol. The molecule has 0 radical (unpaired) electrons. The lowest BCUT2D eigenvalue weighted by Gasteiger charge is -2.12. The van der Waals surface area contributed by atoms with Crippen LogP contribution in [0.2, 0.25) is 5.02 Å². The van der Waals surface area contributed by atoms with Gasteiger partial charge in [-0.25, -0.2) is 13.2 Å². The summed E-state index contributed by atoms with van der Waals surface area (Å²) in [5.41, 5.74) is 0.0324. The smallest absolute Gasteiger partial charge is 0.339 e. The number of anilines is 1. The maximum absolute atomic E-state index is 12.6. The van der Waals surface area contributed by atoms with Crippen LogP contribution in [-0.2, 0) is 14.8 Å². The van der Waals surface area contributed by atoms with Gasteiger partial charge in [0.05, 0.1) is 23.4 Å². The number of hydrogen-bond acceptors (Lipinski definition) is 6. The monoisotopic (exact) mass is 369 g/mol. The number of carbonyl (C=O) groups excluding carboxylic acids is 1. The molecule has 0 amide bonds. The van der Waals surface area contributed by atoms with Gasteiger partial charge in [0.25, 0.3) is 10.0 Å². The van der Waals surface area contributed by atoms with E-state index in [4.69, 9.17) is 21.1 Å². The zero-order chi connectivity index (χ0) is 17.3. The van der Waals surface area contributed by atoms with E-state index in [1.54, 1.807) is 6.07 Å². The summed E-state index contributed by atoms with van der Waals surface area (Å²) in [6.07, 6.45) is 0. The van der Waals surface area contributed by atoms with E-state index in [0.717, 1.165) is 0 Å². The first kappa shape index (κ1) is 16.4. The minimum absolute atomic E-state index is 0.0348. The minimum atomic E-state index is -4.07. The Balaban J connectivity index is 2.00. The molecule has 1 heterocycles. The lowest BCUT2D eigenvalue weighted by Crippen LogP contribution is -2.17. The molecular weight excluding hydrogens is 358 g/mol. The van der Waals surface area contributed by atoms with Crippen molar-refractivity contribution in [2.45, 2.75) is 4.90 Å². The second-order valence-corrected chi connectivity index (χ2v) is 6.84. The fourth-order valence-corrected chi connectivity index (χ4v) is 3.70. The number of halogens is 1. The van der Waals surface area contributed by atoms with Crippen LogP contribution in [-0.4, -0.2) is 28.3 Å². The summed E-state index contributed by atoms with van der Waals surface area (Å²) >= 11 is 6.08. The predicted octanol–water partition coefficient (Wildman–Crippen LogP) is 2.66. The van der Waals surface area contributed by atoms with Crippen LogP contribution in [0.3, 0.4) is 0 Å². The second kappa shape index (κ2) is 6.21. The van der Waals surface area contributed by atoms with Gasteiger partial charge in [0, 0.05) is 12.1 Å². The Morgan fingerprint density at radius 3 is 2.58 bits per heavy atom. The summed E-state index contributed by atoms with van der Waals surface area (Å²) in [6, 6.07) is 8.58. The zero-order valence-electron chi connectivity index (χ0n) is 12.4. The molecule has 0 bridgehead atoms. The summed E-state index contributed by atoms with van der Waals surface area (Å²) in [4.78, 5) is 11.6. The van der Waals surface area contributed by atoms with Gasteiger partial charge in [0.2, 0.25) is 6.79 Å². The van der Waals surface area contributed by atoms with Crippen LogP contribution >= 0.6 is 11.6 Å². The van der Waals surface area contributed by atoms with Crippen LogP contribution in [0.1, 0.15) is 10.4 Å². The SMILES string of the molecule is COC(=O)c1ccccc1S(=O)(=O)Nc1cc2c(cc1Cl)OCO2. The number of hydrogen-bond donors (Lipinski definition) is 1. The van der Waals surface area contributed by atoms with Crippen molar-refractivity contribution in [1.82, 2.24) is 0 Å². The van der Waals surface area contributed by atoms with Crippen molar-refractivity contribution in [3.05, 3.63) is 47.0 Å². The Labute approximate surface area is 143 Å². The molecule has 0 saturated carbocycles. The fourth-order valence-electron chi connectivity index (χ4n) is 2.17. The quantitative estimate of drug-likeness (QED) is 0.833. The van der Waals surface area contributed by atoms with Crippen molar-refractivity contribution in [3.63, 3.8) is 0 Å². The van der Waals surface area contributed by atoms with E-state index in [-0.39, 0.29) is 28.0 Å². The second-order valence-electron chi connectivity index (χ2n) is 4.78. The van der Waals surface area contributed by atoms with Gasteiger partial charge in [-0.2, -0.15) is 0 Å². The molecule has 7 nitrogen and oxygen atoms in total. The summed E-state index contributed by atoms with van der Waals surface area (Å²) in [7, 11) is -2.90. The number of methoxy groups -OCH3 is 1. The van der Waals surface area contributed by atoms with Crippen LogP contribution in [0.25, 0.3) is 0 Å². The van der Waals surface area contributed by atoms with Gasteiger partial charge in [0.15, 0.2) is 11.5 Å². The number of ether oxygens (including phenoxy) is 3. The number of benzene rings is 2. The van der Waals surface area contributed by atoms with Crippen molar-refractivity contribution >= 4 is 33.3 Å². The highest BCUT2D eigenvalue weighted by Crippen LogP contribution is 2.40. The van der Waals surface area contributed by atoms with Gasteiger partial charge < -0.3 is 14.2 Å². The van der Waals surface area contributed by atoms with E-state index in [0.29, 0.717) is 11.5 Å². The van der Waals surface area contributed by atoms with Crippen molar-refractivity contribution < 1.29 is 27.4 Å². The molecule has 0 spiro atoms. The molecule has 0 saturated heterocycles. The molecular formula is C15H12ClNO6S. The Morgan fingerprint density at radius 1 is 1.21 bits per heavy atom. The average Bonchev–Trinajstić information content (AvgIpc) is 3.01. The topological polar surface area (TPSA) is 90.9 Å². The number of rotatable bonds is 4. The van der Waals surface area contributed by atoms with Crippen molar-refractivity contribution in [3.8, 4) is 11.5 Å². The fraction of sp³-hybridized carbons (Fsp3) is 0.133. The molecule has 0 aliphatic carbocycles. The first-order valence-corrected chi connectivity index (χ1v) is 8.58. The highest BCUT2D eigenvalue weighted by molar-refractivity contribution is 7.92. The molecule has 1 aliphatic rings. The first-order valence-electron chi connectivity index (χ1n) is 6.71. The summed E-state index contributed by atoms with van der Waals surface area (Å²) in [5, 5.41) is 0.137. The van der Waals surface area contributed by atoms with E-state index in [2.05, 4.69) is 9.46 Å². The Bertz CT molecular complexity index is 912. The minimum Gasteiger partial charge on any atom is -0.465 e. The van der Waals surface area contributed by atoms with Gasteiger partial charge in [-0.05, 0) is 12.1 Å². The maximum Gasteiger partial charge on any atom is 0.339 e. The van der Waals surface area contributed by atoms with Crippen LogP contribution in [0.5, 0.6) is 11.5 Å². The van der Waals surface area contributed by atoms with E-state index in [1.807, 2.05) is 0 Å². The van der Waals surface area contributed by atoms with E-state index in [9.17, 15) is 13.2 Å². The van der Waals surface area contributed by atoms with Gasteiger partial charge in [-0.1, -0.05) is 23.7 Å². The zero-order valence-corrected chi connectivity index (χ0v) is 14.0.